The fraction of sp³-hybridized carbons (Fsp3) is 0.957. The Hall–Kier alpha value is -0.610. The first-order valence-electron chi connectivity index (χ1n) is 11.7. The molecule has 0 aliphatic carbocycles. The first-order chi connectivity index (χ1) is 13.2. The van der Waals surface area contributed by atoms with E-state index in [0.717, 1.165) is 12.8 Å². The zero-order valence-corrected chi connectivity index (χ0v) is 17.9. The molecule has 0 unspecified atom stereocenters. The predicted octanol–water partition coefficient (Wildman–Crippen LogP) is 5.92. The summed E-state index contributed by atoms with van der Waals surface area (Å²) in [7, 11) is 0. The van der Waals surface area contributed by atoms with Gasteiger partial charge in [0.2, 0.25) is 0 Å². The quantitative estimate of drug-likeness (QED) is 0.190. The highest BCUT2D eigenvalue weighted by atomic mass is 16.6. The van der Waals surface area contributed by atoms with Crippen molar-refractivity contribution >= 4 is 5.97 Å². The number of carbonyl (C=O) groups is 1. The van der Waals surface area contributed by atoms with E-state index in [2.05, 4.69) is 6.92 Å². The Morgan fingerprint density at radius 3 is 1.30 bits per heavy atom. The van der Waals surface area contributed by atoms with Crippen molar-refractivity contribution in [3.05, 3.63) is 0 Å². The molecule has 0 saturated heterocycles. The van der Waals surface area contributed by atoms with Crippen LogP contribution in [-0.2, 0) is 9.53 Å². The van der Waals surface area contributed by atoms with Crippen LogP contribution in [0.4, 0.5) is 0 Å². The zero-order chi connectivity index (χ0) is 20.0. The molecule has 0 rings (SSSR count). The van der Waals surface area contributed by atoms with Gasteiger partial charge >= 0.3 is 5.97 Å². The largest absolute Gasteiger partial charge is 0.457 e. The molecule has 4 heteroatoms. The fourth-order valence-electron chi connectivity index (χ4n) is 3.37. The van der Waals surface area contributed by atoms with Crippen molar-refractivity contribution in [3.63, 3.8) is 0 Å². The molecule has 0 saturated carbocycles. The van der Waals surface area contributed by atoms with Crippen molar-refractivity contribution in [2.24, 2.45) is 0 Å². The number of unbranched alkanes of at least 4 members (excludes halogenated alkanes) is 16. The van der Waals surface area contributed by atoms with Crippen LogP contribution in [0.25, 0.3) is 0 Å². The van der Waals surface area contributed by atoms with Crippen molar-refractivity contribution in [1.29, 1.82) is 0 Å². The molecule has 0 bridgehead atoms. The monoisotopic (exact) mass is 386 g/mol. The van der Waals surface area contributed by atoms with Gasteiger partial charge in [0, 0.05) is 6.42 Å². The van der Waals surface area contributed by atoms with Crippen LogP contribution >= 0.6 is 0 Å². The summed E-state index contributed by atoms with van der Waals surface area (Å²) in [6.45, 7) is 1.64. The smallest absolute Gasteiger partial charge is 0.306 e. The second-order valence-corrected chi connectivity index (χ2v) is 7.88. The van der Waals surface area contributed by atoms with Crippen LogP contribution in [0, 0.1) is 0 Å². The summed E-state index contributed by atoms with van der Waals surface area (Å²) in [5.41, 5.74) is 0. The highest BCUT2D eigenvalue weighted by Gasteiger charge is 2.11. The number of hydrogen-bond donors (Lipinski definition) is 2. The highest BCUT2D eigenvalue weighted by Crippen LogP contribution is 2.14. The van der Waals surface area contributed by atoms with Gasteiger partial charge in [-0.15, -0.1) is 0 Å². The number of carbonyl (C=O) groups excluding carboxylic acids is 1. The summed E-state index contributed by atoms with van der Waals surface area (Å²) in [6, 6.07) is 0. The van der Waals surface area contributed by atoms with E-state index in [1.165, 1.54) is 96.3 Å². The Bertz CT molecular complexity index is 303. The lowest BCUT2D eigenvalue weighted by molar-refractivity contribution is -0.153. The Morgan fingerprint density at radius 2 is 0.963 bits per heavy atom. The Balaban J connectivity index is 3.16. The van der Waals surface area contributed by atoms with Crippen molar-refractivity contribution in [1.82, 2.24) is 0 Å². The summed E-state index contributed by atoms with van der Waals surface area (Å²) in [4.78, 5) is 11.5. The SMILES string of the molecule is CCCCCCCCCCCCCCCCCCCC(=O)OC(CO)CO. The zero-order valence-electron chi connectivity index (χ0n) is 17.9. The van der Waals surface area contributed by atoms with Gasteiger partial charge in [0.1, 0.15) is 6.10 Å². The lowest BCUT2D eigenvalue weighted by Gasteiger charge is -2.12. The van der Waals surface area contributed by atoms with Crippen LogP contribution < -0.4 is 0 Å². The van der Waals surface area contributed by atoms with E-state index < -0.39 is 6.10 Å². The fourth-order valence-corrected chi connectivity index (χ4v) is 3.37. The topological polar surface area (TPSA) is 66.8 Å². The van der Waals surface area contributed by atoms with Crippen LogP contribution in [0.5, 0.6) is 0 Å². The van der Waals surface area contributed by atoms with E-state index in [1.54, 1.807) is 0 Å². The van der Waals surface area contributed by atoms with Gasteiger partial charge in [-0.25, -0.2) is 0 Å². The van der Waals surface area contributed by atoms with Gasteiger partial charge in [-0.2, -0.15) is 0 Å². The maximum Gasteiger partial charge on any atom is 0.306 e. The summed E-state index contributed by atoms with van der Waals surface area (Å²) in [6.07, 6.45) is 22.0. The molecule has 2 N–H and O–H groups in total. The van der Waals surface area contributed by atoms with Crippen molar-refractivity contribution in [3.8, 4) is 0 Å². The van der Waals surface area contributed by atoms with E-state index >= 15 is 0 Å². The number of esters is 1. The van der Waals surface area contributed by atoms with E-state index in [4.69, 9.17) is 14.9 Å². The first kappa shape index (κ1) is 26.4. The predicted molar refractivity (Wildman–Crippen MR) is 113 cm³/mol. The second kappa shape index (κ2) is 21.7. The second-order valence-electron chi connectivity index (χ2n) is 7.88. The molecule has 0 amide bonds. The van der Waals surface area contributed by atoms with Gasteiger partial charge in [-0.1, -0.05) is 110 Å². The molecular weight excluding hydrogens is 340 g/mol. The third kappa shape index (κ3) is 19.9. The van der Waals surface area contributed by atoms with Crippen molar-refractivity contribution in [2.45, 2.75) is 129 Å². The van der Waals surface area contributed by atoms with Gasteiger partial charge in [0.15, 0.2) is 0 Å². The molecule has 0 aromatic rings. The minimum absolute atomic E-state index is 0.316. The molecule has 4 nitrogen and oxygen atoms in total. The summed E-state index contributed by atoms with van der Waals surface area (Å²) < 4.78 is 4.94. The van der Waals surface area contributed by atoms with E-state index in [-0.39, 0.29) is 19.2 Å². The minimum Gasteiger partial charge on any atom is -0.457 e. The molecule has 0 aliphatic heterocycles. The maximum absolute atomic E-state index is 11.5. The molecule has 0 aromatic carbocycles. The average molecular weight is 387 g/mol. The Labute approximate surface area is 168 Å². The number of aliphatic hydroxyl groups excluding tert-OH is 2. The molecule has 162 valence electrons. The highest BCUT2D eigenvalue weighted by molar-refractivity contribution is 5.69. The normalized spacial score (nSPS) is 11.3. The first-order valence-corrected chi connectivity index (χ1v) is 11.7. The standard InChI is InChI=1S/C23H46O4/c1-2-3-4-5-6-7-8-9-10-11-12-13-14-15-16-17-18-19-23(26)27-22(20-24)21-25/h22,24-25H,2-21H2,1H3. The minimum atomic E-state index is -0.761. The van der Waals surface area contributed by atoms with Crippen LogP contribution in [-0.4, -0.2) is 35.5 Å². The number of hydrogen-bond acceptors (Lipinski definition) is 4. The van der Waals surface area contributed by atoms with Gasteiger partial charge in [0.05, 0.1) is 13.2 Å². The maximum atomic E-state index is 11.5. The van der Waals surface area contributed by atoms with Crippen LogP contribution in [0.3, 0.4) is 0 Å². The summed E-state index contributed by atoms with van der Waals surface area (Å²) in [5, 5.41) is 17.7. The van der Waals surface area contributed by atoms with E-state index in [9.17, 15) is 4.79 Å². The summed E-state index contributed by atoms with van der Waals surface area (Å²) in [5.74, 6) is -0.316. The lowest BCUT2D eigenvalue weighted by atomic mass is 10.0. The van der Waals surface area contributed by atoms with Crippen LogP contribution in [0.15, 0.2) is 0 Å². The van der Waals surface area contributed by atoms with E-state index in [0.29, 0.717) is 6.42 Å². The molecule has 0 fully saturated rings. The van der Waals surface area contributed by atoms with Gasteiger partial charge in [-0.05, 0) is 6.42 Å². The van der Waals surface area contributed by atoms with Gasteiger partial charge in [-0.3, -0.25) is 4.79 Å². The summed E-state index contributed by atoms with van der Waals surface area (Å²) >= 11 is 0. The molecule has 0 radical (unpaired) electrons. The van der Waals surface area contributed by atoms with Gasteiger partial charge < -0.3 is 14.9 Å². The Kier molecular flexibility index (Phi) is 21.2. The van der Waals surface area contributed by atoms with Crippen LogP contribution in [0.1, 0.15) is 122 Å². The van der Waals surface area contributed by atoms with Crippen LogP contribution in [0.2, 0.25) is 0 Å². The lowest BCUT2D eigenvalue weighted by Crippen LogP contribution is -2.25. The van der Waals surface area contributed by atoms with Crippen molar-refractivity contribution < 1.29 is 19.7 Å². The molecule has 0 heterocycles. The Morgan fingerprint density at radius 1 is 0.630 bits per heavy atom. The third-order valence-electron chi connectivity index (χ3n) is 5.19. The number of rotatable bonds is 21. The van der Waals surface area contributed by atoms with Crippen molar-refractivity contribution in [2.75, 3.05) is 13.2 Å². The van der Waals surface area contributed by atoms with E-state index in [1.807, 2.05) is 0 Å². The number of ether oxygens (including phenoxy) is 1. The number of aliphatic hydroxyl groups is 2. The molecule has 0 spiro atoms. The molecule has 0 aliphatic rings. The van der Waals surface area contributed by atoms with Gasteiger partial charge in [0.25, 0.3) is 0 Å². The molecule has 27 heavy (non-hydrogen) atoms. The third-order valence-corrected chi connectivity index (χ3v) is 5.19. The molecular formula is C23H46O4. The molecule has 0 aromatic heterocycles. The average Bonchev–Trinajstić information content (AvgIpc) is 2.68. The molecule has 0 atom stereocenters.